The number of aromatic nitrogens is 1. The highest BCUT2D eigenvalue weighted by atomic mass is 35.5. The first-order valence-electron chi connectivity index (χ1n) is 3.45. The van der Waals surface area contributed by atoms with Crippen LogP contribution < -0.4 is 0 Å². The molecule has 0 aromatic carbocycles. The van der Waals surface area contributed by atoms with Gasteiger partial charge >= 0.3 is 0 Å². The van der Waals surface area contributed by atoms with Gasteiger partial charge in [0.05, 0.1) is 5.69 Å². The molecule has 0 N–H and O–H groups in total. The highest BCUT2D eigenvalue weighted by Gasteiger charge is 2.20. The van der Waals surface area contributed by atoms with Gasteiger partial charge in [-0.05, 0) is 23.7 Å². The van der Waals surface area contributed by atoms with E-state index in [4.69, 9.17) is 11.6 Å². The van der Waals surface area contributed by atoms with Crippen molar-refractivity contribution in [2.45, 2.75) is 6.10 Å². The summed E-state index contributed by atoms with van der Waals surface area (Å²) < 4.78 is 4.46. The molecule has 1 heterocycles. The number of hydrogen-bond acceptors (Lipinski definition) is 4. The average molecular weight is 200 g/mol. The van der Waals surface area contributed by atoms with Gasteiger partial charge in [0.1, 0.15) is 0 Å². The van der Waals surface area contributed by atoms with Crippen molar-refractivity contribution in [1.82, 2.24) is 4.98 Å². The van der Waals surface area contributed by atoms with Crippen LogP contribution in [0.3, 0.4) is 0 Å². The van der Waals surface area contributed by atoms with Crippen molar-refractivity contribution in [2.75, 3.05) is 0 Å². The molecule has 0 spiro atoms. The second-order valence-corrected chi connectivity index (χ2v) is 2.54. The minimum atomic E-state index is -1.11. The second kappa shape index (κ2) is 4.57. The maximum Gasteiger partial charge on any atom is 0.294 e. The van der Waals surface area contributed by atoms with E-state index >= 15 is 0 Å². The lowest BCUT2D eigenvalue weighted by atomic mass is 10.2. The van der Waals surface area contributed by atoms with Gasteiger partial charge in [-0.25, -0.2) is 0 Å². The van der Waals surface area contributed by atoms with Crippen molar-refractivity contribution in [2.24, 2.45) is 0 Å². The van der Waals surface area contributed by atoms with Crippen LogP contribution in [0, 0.1) is 0 Å². The Kier molecular flexibility index (Phi) is 3.40. The quantitative estimate of drug-likeness (QED) is 0.538. The maximum atomic E-state index is 10.8. The van der Waals surface area contributed by atoms with Crippen LogP contribution in [0.25, 0.3) is 0 Å². The Bertz CT molecular complexity index is 302. The van der Waals surface area contributed by atoms with Crippen LogP contribution in [0.15, 0.2) is 24.4 Å². The van der Waals surface area contributed by atoms with E-state index in [9.17, 15) is 9.59 Å². The van der Waals surface area contributed by atoms with Gasteiger partial charge in [0.25, 0.3) is 11.7 Å². The van der Waals surface area contributed by atoms with Gasteiger partial charge < -0.3 is 4.74 Å². The van der Waals surface area contributed by atoms with Crippen molar-refractivity contribution < 1.29 is 14.3 Å². The zero-order valence-corrected chi connectivity index (χ0v) is 7.27. The van der Waals surface area contributed by atoms with Crippen molar-refractivity contribution in [3.8, 4) is 0 Å². The molecule has 68 valence electrons. The smallest absolute Gasteiger partial charge is 0.294 e. The van der Waals surface area contributed by atoms with Gasteiger partial charge in [0.15, 0.2) is 0 Å². The Morgan fingerprint density at radius 3 is 2.85 bits per heavy atom. The average Bonchev–Trinajstić information content (AvgIpc) is 2.15. The molecule has 0 bridgehead atoms. The van der Waals surface area contributed by atoms with Crippen molar-refractivity contribution in [3.63, 3.8) is 0 Å². The number of rotatable bonds is 4. The summed E-state index contributed by atoms with van der Waals surface area (Å²) >= 11 is 5.19. The molecule has 0 fully saturated rings. The molecule has 1 unspecified atom stereocenters. The zero-order chi connectivity index (χ0) is 9.68. The number of halogens is 1. The SMILES string of the molecule is O=COC(C(=O)Cl)c1ccccn1. The third-order valence-corrected chi connectivity index (χ3v) is 1.55. The number of pyridine rings is 1. The van der Waals surface area contributed by atoms with Gasteiger partial charge in [0.2, 0.25) is 6.10 Å². The van der Waals surface area contributed by atoms with Crippen LogP contribution in [-0.2, 0) is 14.3 Å². The molecule has 0 saturated heterocycles. The van der Waals surface area contributed by atoms with Crippen LogP contribution in [0.1, 0.15) is 11.8 Å². The molecule has 0 aliphatic carbocycles. The topological polar surface area (TPSA) is 56.3 Å². The van der Waals surface area contributed by atoms with E-state index in [-0.39, 0.29) is 6.47 Å². The van der Waals surface area contributed by atoms with Gasteiger partial charge in [-0.2, -0.15) is 0 Å². The molecule has 0 saturated carbocycles. The molecule has 0 aliphatic rings. The first-order chi connectivity index (χ1) is 6.25. The summed E-state index contributed by atoms with van der Waals surface area (Å²) in [5.41, 5.74) is 0.314. The van der Waals surface area contributed by atoms with Crippen LogP contribution in [0.4, 0.5) is 0 Å². The summed E-state index contributed by atoms with van der Waals surface area (Å²) in [7, 11) is 0. The van der Waals surface area contributed by atoms with E-state index < -0.39 is 11.3 Å². The number of ether oxygens (including phenoxy) is 1. The first kappa shape index (κ1) is 9.67. The number of carbonyl (C=O) groups excluding carboxylic acids is 2. The lowest BCUT2D eigenvalue weighted by molar-refractivity contribution is -0.140. The lowest BCUT2D eigenvalue weighted by Gasteiger charge is -2.08. The largest absolute Gasteiger partial charge is 0.449 e. The predicted octanol–water partition coefficient (Wildman–Crippen LogP) is 1.06. The summed E-state index contributed by atoms with van der Waals surface area (Å²) in [6, 6.07) is 4.90. The molecule has 1 aromatic heterocycles. The Morgan fingerprint density at radius 1 is 1.62 bits per heavy atom. The van der Waals surface area contributed by atoms with Crippen molar-refractivity contribution >= 4 is 23.3 Å². The summed E-state index contributed by atoms with van der Waals surface area (Å²) in [5, 5.41) is -0.772. The van der Waals surface area contributed by atoms with Crippen LogP contribution in [0.5, 0.6) is 0 Å². The highest BCUT2D eigenvalue weighted by Crippen LogP contribution is 2.16. The Labute approximate surface area is 79.5 Å². The summed E-state index contributed by atoms with van der Waals surface area (Å²) in [5.74, 6) is 0. The molecule has 13 heavy (non-hydrogen) atoms. The lowest BCUT2D eigenvalue weighted by Crippen LogP contribution is -2.11. The van der Waals surface area contributed by atoms with E-state index in [0.717, 1.165) is 0 Å². The monoisotopic (exact) mass is 199 g/mol. The molecular weight excluding hydrogens is 194 g/mol. The standard InChI is InChI=1S/C8H6ClNO3/c9-8(12)7(13-5-11)6-3-1-2-4-10-6/h1-5,7H. The summed E-state index contributed by atoms with van der Waals surface area (Å²) in [6.45, 7) is 0.166. The zero-order valence-electron chi connectivity index (χ0n) is 6.51. The van der Waals surface area contributed by atoms with E-state index in [1.54, 1.807) is 18.2 Å². The van der Waals surface area contributed by atoms with E-state index in [1.807, 2.05) is 0 Å². The van der Waals surface area contributed by atoms with Crippen molar-refractivity contribution in [3.05, 3.63) is 30.1 Å². The molecule has 5 heteroatoms. The van der Waals surface area contributed by atoms with Gasteiger partial charge in [0, 0.05) is 6.20 Å². The van der Waals surface area contributed by atoms with Crippen LogP contribution >= 0.6 is 11.6 Å². The van der Waals surface area contributed by atoms with E-state index in [1.165, 1.54) is 6.20 Å². The number of nitrogens with zero attached hydrogens (tertiary/aromatic N) is 1. The fourth-order valence-corrected chi connectivity index (χ4v) is 0.989. The van der Waals surface area contributed by atoms with Gasteiger partial charge in [-0.3, -0.25) is 14.6 Å². The minimum absolute atomic E-state index is 0.166. The molecule has 0 radical (unpaired) electrons. The second-order valence-electron chi connectivity index (χ2n) is 2.17. The number of hydrogen-bond donors (Lipinski definition) is 0. The van der Waals surface area contributed by atoms with Crippen LogP contribution in [0.2, 0.25) is 0 Å². The first-order valence-corrected chi connectivity index (χ1v) is 3.83. The normalized spacial score (nSPS) is 11.8. The van der Waals surface area contributed by atoms with Crippen molar-refractivity contribution in [1.29, 1.82) is 0 Å². The van der Waals surface area contributed by atoms with E-state index in [2.05, 4.69) is 9.72 Å². The van der Waals surface area contributed by atoms with Gasteiger partial charge in [-0.15, -0.1) is 0 Å². The summed E-state index contributed by atoms with van der Waals surface area (Å²) in [4.78, 5) is 24.6. The molecule has 1 aromatic rings. The Morgan fingerprint density at radius 2 is 2.38 bits per heavy atom. The molecule has 0 aliphatic heterocycles. The minimum Gasteiger partial charge on any atom is -0.449 e. The van der Waals surface area contributed by atoms with E-state index in [0.29, 0.717) is 5.69 Å². The maximum absolute atomic E-state index is 10.8. The third-order valence-electron chi connectivity index (χ3n) is 1.35. The fourth-order valence-electron chi connectivity index (χ4n) is 0.826. The predicted molar refractivity (Wildman–Crippen MR) is 45.0 cm³/mol. The molecular formula is C8H6ClNO3. The number of carbonyl (C=O) groups is 2. The van der Waals surface area contributed by atoms with Crippen LogP contribution in [-0.4, -0.2) is 16.7 Å². The summed E-state index contributed by atoms with van der Waals surface area (Å²) in [6.07, 6.45) is 0.372. The molecule has 0 amide bonds. The molecule has 4 nitrogen and oxygen atoms in total. The Balaban J connectivity index is 2.88. The third kappa shape index (κ3) is 2.52. The fraction of sp³-hybridized carbons (Fsp3) is 0.125. The van der Waals surface area contributed by atoms with Gasteiger partial charge in [-0.1, -0.05) is 6.07 Å². The molecule has 1 atom stereocenters. The molecule has 1 rings (SSSR count). The Hall–Kier alpha value is -1.42. The highest BCUT2D eigenvalue weighted by molar-refractivity contribution is 6.64.